The first-order valence-electron chi connectivity index (χ1n) is 8.37. The van der Waals surface area contributed by atoms with Crippen LogP contribution in [0, 0.1) is 0 Å². The van der Waals surface area contributed by atoms with Crippen LogP contribution in [-0.4, -0.2) is 58.7 Å². The molecule has 0 aliphatic carbocycles. The zero-order valence-corrected chi connectivity index (χ0v) is 14.5. The second-order valence-electron chi connectivity index (χ2n) is 5.97. The Bertz CT molecular complexity index is 795. The highest BCUT2D eigenvalue weighted by Crippen LogP contribution is 2.09. The van der Waals surface area contributed by atoms with Crippen LogP contribution in [0.3, 0.4) is 0 Å². The van der Waals surface area contributed by atoms with E-state index in [0.29, 0.717) is 31.9 Å². The molecule has 26 heavy (non-hydrogen) atoms. The van der Waals surface area contributed by atoms with Crippen molar-refractivity contribution in [1.82, 2.24) is 20.1 Å². The topological polar surface area (TPSA) is 95.8 Å². The van der Waals surface area contributed by atoms with Crippen LogP contribution in [0.2, 0.25) is 0 Å². The quantitative estimate of drug-likeness (QED) is 0.878. The van der Waals surface area contributed by atoms with E-state index >= 15 is 0 Å². The lowest BCUT2D eigenvalue weighted by Crippen LogP contribution is -2.50. The fraction of sp³-hybridized carbons (Fsp3) is 0.333. The fourth-order valence-electron chi connectivity index (χ4n) is 2.74. The van der Waals surface area contributed by atoms with Crippen LogP contribution < -0.4 is 5.32 Å². The zero-order chi connectivity index (χ0) is 18.5. The van der Waals surface area contributed by atoms with Crippen LogP contribution in [-0.2, 0) is 11.3 Å². The Morgan fingerprint density at radius 2 is 1.73 bits per heavy atom. The molecule has 3 amide bonds. The molecule has 3 heterocycles. The maximum Gasteiger partial charge on any atom is 0.272 e. The van der Waals surface area contributed by atoms with Gasteiger partial charge in [-0.25, -0.2) is 4.98 Å². The van der Waals surface area contributed by atoms with E-state index < -0.39 is 0 Å². The second kappa shape index (κ2) is 7.81. The number of piperazine rings is 1. The van der Waals surface area contributed by atoms with Crippen molar-refractivity contribution in [2.45, 2.75) is 13.5 Å². The smallest absolute Gasteiger partial charge is 0.272 e. The summed E-state index contributed by atoms with van der Waals surface area (Å²) in [6.45, 7) is 3.68. The highest BCUT2D eigenvalue weighted by Gasteiger charge is 2.24. The van der Waals surface area contributed by atoms with E-state index in [2.05, 4.69) is 10.3 Å². The van der Waals surface area contributed by atoms with Gasteiger partial charge in [0.25, 0.3) is 11.8 Å². The Hall–Kier alpha value is -3.16. The molecule has 1 N–H and O–H groups in total. The summed E-state index contributed by atoms with van der Waals surface area (Å²) in [5.74, 6) is 0.0192. The average molecular weight is 356 g/mol. The lowest BCUT2D eigenvalue weighted by Gasteiger charge is -2.34. The number of carbonyl (C=O) groups is 3. The van der Waals surface area contributed by atoms with Crippen molar-refractivity contribution in [3.63, 3.8) is 0 Å². The molecule has 3 rings (SSSR count). The number of aromatic nitrogens is 1. The van der Waals surface area contributed by atoms with Gasteiger partial charge >= 0.3 is 0 Å². The first-order chi connectivity index (χ1) is 12.5. The van der Waals surface area contributed by atoms with Crippen molar-refractivity contribution >= 4 is 17.7 Å². The van der Waals surface area contributed by atoms with E-state index in [4.69, 9.17) is 4.42 Å². The monoisotopic (exact) mass is 356 g/mol. The Balaban J connectivity index is 1.62. The molecule has 1 fully saturated rings. The van der Waals surface area contributed by atoms with E-state index in [1.54, 1.807) is 40.1 Å². The molecule has 0 spiro atoms. The van der Waals surface area contributed by atoms with Gasteiger partial charge in [-0.05, 0) is 24.3 Å². The van der Waals surface area contributed by atoms with Crippen LogP contribution in [0.1, 0.15) is 33.7 Å². The number of carbonyl (C=O) groups excluding carboxylic acids is 3. The highest BCUT2D eigenvalue weighted by molar-refractivity contribution is 5.96. The molecule has 0 radical (unpaired) electrons. The lowest BCUT2D eigenvalue weighted by atomic mass is 10.2. The molecule has 0 bridgehead atoms. The summed E-state index contributed by atoms with van der Waals surface area (Å²) in [4.78, 5) is 43.7. The largest absolute Gasteiger partial charge is 0.467 e. The number of nitrogens with one attached hydrogen (secondary N) is 1. The molecule has 2 aromatic rings. The number of hydrogen-bond acceptors (Lipinski definition) is 5. The van der Waals surface area contributed by atoms with Crippen LogP contribution in [0.25, 0.3) is 0 Å². The van der Waals surface area contributed by atoms with Gasteiger partial charge in [0.15, 0.2) is 0 Å². The third-order valence-corrected chi connectivity index (χ3v) is 4.22. The van der Waals surface area contributed by atoms with Gasteiger partial charge in [0, 0.05) is 33.1 Å². The molecule has 8 heteroatoms. The summed E-state index contributed by atoms with van der Waals surface area (Å²) in [5, 5.41) is 2.70. The van der Waals surface area contributed by atoms with Crippen molar-refractivity contribution < 1.29 is 18.8 Å². The molecule has 1 aliphatic heterocycles. The van der Waals surface area contributed by atoms with E-state index in [-0.39, 0.29) is 35.7 Å². The second-order valence-corrected chi connectivity index (χ2v) is 5.97. The van der Waals surface area contributed by atoms with Crippen molar-refractivity contribution in [2.75, 3.05) is 26.2 Å². The van der Waals surface area contributed by atoms with Crippen molar-refractivity contribution in [1.29, 1.82) is 0 Å². The van der Waals surface area contributed by atoms with Gasteiger partial charge < -0.3 is 19.5 Å². The van der Waals surface area contributed by atoms with Crippen molar-refractivity contribution in [3.05, 3.63) is 53.7 Å². The number of rotatable bonds is 4. The number of amides is 3. The van der Waals surface area contributed by atoms with Crippen molar-refractivity contribution in [3.8, 4) is 0 Å². The molecule has 1 saturated heterocycles. The SMILES string of the molecule is CC(=O)N1CCN(C(=O)c2cccc(C(=O)NCc3ccco3)n2)CC1. The number of nitrogens with zero attached hydrogens (tertiary/aromatic N) is 3. The molecule has 0 unspecified atom stereocenters. The molecular formula is C18H20N4O4. The van der Waals surface area contributed by atoms with Crippen LogP contribution in [0.5, 0.6) is 0 Å². The Kier molecular flexibility index (Phi) is 5.31. The molecule has 8 nitrogen and oxygen atoms in total. The normalized spacial score (nSPS) is 14.2. The van der Waals surface area contributed by atoms with E-state index in [9.17, 15) is 14.4 Å². The molecule has 0 atom stereocenters. The number of hydrogen-bond donors (Lipinski definition) is 1. The van der Waals surface area contributed by atoms with Crippen LogP contribution >= 0.6 is 0 Å². The highest BCUT2D eigenvalue weighted by atomic mass is 16.3. The molecule has 136 valence electrons. The summed E-state index contributed by atoms with van der Waals surface area (Å²) in [7, 11) is 0. The molecule has 0 aromatic carbocycles. The first kappa shape index (κ1) is 17.7. The van der Waals surface area contributed by atoms with Gasteiger partial charge in [-0.15, -0.1) is 0 Å². The summed E-state index contributed by atoms with van der Waals surface area (Å²) in [5.41, 5.74) is 0.386. The minimum Gasteiger partial charge on any atom is -0.467 e. The average Bonchev–Trinajstić information content (AvgIpc) is 3.19. The van der Waals surface area contributed by atoms with Gasteiger partial charge in [-0.3, -0.25) is 14.4 Å². The van der Waals surface area contributed by atoms with E-state index in [0.717, 1.165) is 0 Å². The summed E-state index contributed by atoms with van der Waals surface area (Å²) in [6, 6.07) is 8.28. The predicted octanol–water partition coefficient (Wildman–Crippen LogP) is 0.909. The van der Waals surface area contributed by atoms with Gasteiger partial charge in [0.2, 0.25) is 5.91 Å². The minimum absolute atomic E-state index is 0.00505. The zero-order valence-electron chi connectivity index (χ0n) is 14.5. The van der Waals surface area contributed by atoms with Crippen LogP contribution in [0.15, 0.2) is 41.0 Å². The van der Waals surface area contributed by atoms with E-state index in [1.165, 1.54) is 13.2 Å². The van der Waals surface area contributed by atoms with Gasteiger partial charge in [0.1, 0.15) is 17.1 Å². The number of furan rings is 1. The first-order valence-corrected chi connectivity index (χ1v) is 8.37. The molecule has 1 aliphatic rings. The Morgan fingerprint density at radius 3 is 2.38 bits per heavy atom. The van der Waals surface area contributed by atoms with Gasteiger partial charge in [0.05, 0.1) is 12.8 Å². The third-order valence-electron chi connectivity index (χ3n) is 4.22. The molecule has 2 aromatic heterocycles. The van der Waals surface area contributed by atoms with Crippen LogP contribution in [0.4, 0.5) is 0 Å². The minimum atomic E-state index is -0.377. The fourth-order valence-corrected chi connectivity index (χ4v) is 2.74. The molecule has 0 saturated carbocycles. The maximum absolute atomic E-state index is 12.6. The maximum atomic E-state index is 12.6. The van der Waals surface area contributed by atoms with Crippen molar-refractivity contribution in [2.24, 2.45) is 0 Å². The number of pyridine rings is 1. The summed E-state index contributed by atoms with van der Waals surface area (Å²) >= 11 is 0. The summed E-state index contributed by atoms with van der Waals surface area (Å²) in [6.07, 6.45) is 1.53. The third kappa shape index (κ3) is 4.08. The van der Waals surface area contributed by atoms with Gasteiger partial charge in [-0.2, -0.15) is 0 Å². The Morgan fingerprint density at radius 1 is 1.04 bits per heavy atom. The predicted molar refractivity (Wildman–Crippen MR) is 92.3 cm³/mol. The van der Waals surface area contributed by atoms with E-state index in [1.807, 2.05) is 0 Å². The Labute approximate surface area is 150 Å². The lowest BCUT2D eigenvalue weighted by molar-refractivity contribution is -0.130. The summed E-state index contributed by atoms with van der Waals surface area (Å²) < 4.78 is 5.16. The van der Waals surface area contributed by atoms with Gasteiger partial charge in [-0.1, -0.05) is 6.07 Å². The standard InChI is InChI=1S/C18H20N4O4/c1-13(23)21-7-9-22(10-8-21)18(25)16-6-2-5-15(20-16)17(24)19-12-14-4-3-11-26-14/h2-6,11H,7-10,12H2,1H3,(H,19,24). The molecular weight excluding hydrogens is 336 g/mol.